The maximum Gasteiger partial charge on any atom is 0.303 e. The second-order valence-corrected chi connectivity index (χ2v) is 5.20. The van der Waals surface area contributed by atoms with Gasteiger partial charge in [0.25, 0.3) is 0 Å². The summed E-state index contributed by atoms with van der Waals surface area (Å²) in [4.78, 5) is 10.3. The second-order valence-electron chi connectivity index (χ2n) is 5.20. The number of allylic oxidation sites excluding steroid dienone is 8. The lowest BCUT2D eigenvalue weighted by molar-refractivity contribution is -0.137. The van der Waals surface area contributed by atoms with Crippen LogP contribution in [0.1, 0.15) is 51.9 Å². The van der Waals surface area contributed by atoms with Crippen LogP contribution in [0.5, 0.6) is 0 Å². The zero-order chi connectivity index (χ0) is 17.2. The van der Waals surface area contributed by atoms with Crippen LogP contribution in [-0.2, 0) is 4.79 Å². The number of hydrogen-bond donors (Lipinski definition) is 2. The van der Waals surface area contributed by atoms with Gasteiger partial charge in [0.15, 0.2) is 0 Å². The van der Waals surface area contributed by atoms with Gasteiger partial charge in [0.05, 0.1) is 6.10 Å². The molecule has 3 heteroatoms. The molecule has 0 aliphatic carbocycles. The molecule has 0 bridgehead atoms. The molecule has 0 heterocycles. The van der Waals surface area contributed by atoms with E-state index in [1.165, 1.54) is 0 Å². The van der Waals surface area contributed by atoms with Gasteiger partial charge in [-0.3, -0.25) is 4.79 Å². The lowest BCUT2D eigenvalue weighted by Gasteiger charge is -1.98. The summed E-state index contributed by atoms with van der Waals surface area (Å²) in [6.07, 6.45) is 24.7. The van der Waals surface area contributed by atoms with Crippen LogP contribution in [0.25, 0.3) is 0 Å². The van der Waals surface area contributed by atoms with Gasteiger partial charge in [-0.2, -0.15) is 0 Å². The van der Waals surface area contributed by atoms with Crippen LogP contribution in [0.4, 0.5) is 0 Å². The Morgan fingerprint density at radius 3 is 2.35 bits per heavy atom. The predicted molar refractivity (Wildman–Crippen MR) is 97.3 cm³/mol. The summed E-state index contributed by atoms with van der Waals surface area (Å²) < 4.78 is 0. The molecule has 0 saturated carbocycles. The van der Waals surface area contributed by atoms with E-state index in [1.54, 1.807) is 6.08 Å². The molecule has 2 N–H and O–H groups in total. The Morgan fingerprint density at radius 2 is 1.65 bits per heavy atom. The van der Waals surface area contributed by atoms with Crippen molar-refractivity contribution in [3.05, 3.63) is 60.8 Å². The number of carbonyl (C=O) groups is 1. The quantitative estimate of drug-likeness (QED) is 0.286. The molecule has 0 saturated heterocycles. The van der Waals surface area contributed by atoms with Crippen LogP contribution < -0.4 is 0 Å². The summed E-state index contributed by atoms with van der Waals surface area (Å²) in [5.74, 6) is -0.732. The van der Waals surface area contributed by atoms with Crippen LogP contribution in [0.2, 0.25) is 0 Å². The summed E-state index contributed by atoms with van der Waals surface area (Å²) >= 11 is 0. The number of hydrogen-bond acceptors (Lipinski definition) is 2. The minimum atomic E-state index is -0.732. The fourth-order valence-corrected chi connectivity index (χ4v) is 1.77. The Morgan fingerprint density at radius 1 is 0.957 bits per heavy atom. The largest absolute Gasteiger partial charge is 0.481 e. The van der Waals surface area contributed by atoms with E-state index in [-0.39, 0.29) is 6.42 Å². The van der Waals surface area contributed by atoms with Crippen molar-refractivity contribution in [3.63, 3.8) is 0 Å². The Balaban J connectivity index is 3.63. The fourth-order valence-electron chi connectivity index (χ4n) is 1.77. The molecule has 0 amide bonds. The summed E-state index contributed by atoms with van der Waals surface area (Å²) in [5.41, 5.74) is 0. The number of carboxylic acid groups (broad SMARTS) is 1. The zero-order valence-electron chi connectivity index (χ0n) is 14.1. The molecule has 0 aromatic rings. The molecule has 3 nitrogen and oxygen atoms in total. The SMILES string of the molecule is CC/C=C\C[C@@H](O)/C=C\C=C/C/C=C\C/C=C/CCCC(=O)O. The van der Waals surface area contributed by atoms with Crippen LogP contribution in [0.3, 0.4) is 0 Å². The topological polar surface area (TPSA) is 57.5 Å². The van der Waals surface area contributed by atoms with Crippen molar-refractivity contribution in [2.45, 2.75) is 58.0 Å². The van der Waals surface area contributed by atoms with E-state index in [2.05, 4.69) is 31.2 Å². The van der Waals surface area contributed by atoms with E-state index in [0.717, 1.165) is 25.7 Å². The van der Waals surface area contributed by atoms with E-state index >= 15 is 0 Å². The molecular formula is C20H30O3. The Labute approximate surface area is 140 Å². The first-order chi connectivity index (χ1) is 11.2. The number of rotatable bonds is 13. The summed E-state index contributed by atoms with van der Waals surface area (Å²) in [7, 11) is 0. The van der Waals surface area contributed by atoms with Crippen molar-refractivity contribution in [1.82, 2.24) is 0 Å². The highest BCUT2D eigenvalue weighted by Gasteiger charge is 1.93. The van der Waals surface area contributed by atoms with Gasteiger partial charge in [-0.1, -0.05) is 67.7 Å². The first-order valence-corrected chi connectivity index (χ1v) is 8.35. The molecule has 0 spiro atoms. The van der Waals surface area contributed by atoms with Gasteiger partial charge in [0.2, 0.25) is 0 Å². The second kappa shape index (κ2) is 16.5. The smallest absolute Gasteiger partial charge is 0.303 e. The number of unbranched alkanes of at least 4 members (excludes halogenated alkanes) is 1. The highest BCUT2D eigenvalue weighted by molar-refractivity contribution is 5.66. The fraction of sp³-hybridized carbons (Fsp3) is 0.450. The minimum absolute atomic E-state index is 0.238. The molecule has 1 atom stereocenters. The molecule has 0 radical (unpaired) electrons. The molecule has 128 valence electrons. The molecule has 0 fully saturated rings. The van der Waals surface area contributed by atoms with Crippen LogP contribution >= 0.6 is 0 Å². The number of aliphatic carboxylic acids is 1. The standard InChI is InChI=1S/C20H30O3/c1-2-3-13-16-19(21)17-14-11-9-7-5-4-6-8-10-12-15-18-20(22)23/h3-5,8-11,13-14,17,19,21H,2,6-7,12,15-16,18H2,1H3,(H,22,23)/b5-4-,10-8+,11-9-,13-3-,17-14-/t19-/m1/s1. The van der Waals surface area contributed by atoms with Gasteiger partial charge in [-0.25, -0.2) is 0 Å². The van der Waals surface area contributed by atoms with Crippen molar-refractivity contribution in [1.29, 1.82) is 0 Å². The van der Waals surface area contributed by atoms with E-state index < -0.39 is 12.1 Å². The third-order valence-electron chi connectivity index (χ3n) is 3.00. The molecule has 0 aromatic carbocycles. The van der Waals surface area contributed by atoms with Gasteiger partial charge < -0.3 is 10.2 Å². The van der Waals surface area contributed by atoms with Gasteiger partial charge in [-0.05, 0) is 38.5 Å². The zero-order valence-corrected chi connectivity index (χ0v) is 14.1. The molecule has 0 rings (SSSR count). The first-order valence-electron chi connectivity index (χ1n) is 8.35. The highest BCUT2D eigenvalue weighted by Crippen LogP contribution is 1.99. The average Bonchev–Trinajstić information content (AvgIpc) is 2.51. The van der Waals surface area contributed by atoms with Crippen LogP contribution in [0.15, 0.2) is 60.8 Å². The molecule has 0 aliphatic heterocycles. The minimum Gasteiger partial charge on any atom is -0.481 e. The lowest BCUT2D eigenvalue weighted by Crippen LogP contribution is -1.98. The predicted octanol–water partition coefficient (Wildman–Crippen LogP) is 4.96. The van der Waals surface area contributed by atoms with Crippen molar-refractivity contribution < 1.29 is 15.0 Å². The average molecular weight is 318 g/mol. The van der Waals surface area contributed by atoms with E-state index in [0.29, 0.717) is 12.8 Å². The summed E-state index contributed by atoms with van der Waals surface area (Å²) in [5, 5.41) is 18.1. The number of aliphatic hydroxyl groups is 1. The van der Waals surface area contributed by atoms with Gasteiger partial charge >= 0.3 is 5.97 Å². The Hall–Kier alpha value is -1.87. The molecule has 23 heavy (non-hydrogen) atoms. The van der Waals surface area contributed by atoms with Crippen molar-refractivity contribution in [2.24, 2.45) is 0 Å². The van der Waals surface area contributed by atoms with Crippen molar-refractivity contribution in [2.75, 3.05) is 0 Å². The third kappa shape index (κ3) is 18.1. The van der Waals surface area contributed by atoms with Crippen LogP contribution in [-0.4, -0.2) is 22.3 Å². The third-order valence-corrected chi connectivity index (χ3v) is 3.00. The Bertz CT molecular complexity index is 428. The van der Waals surface area contributed by atoms with Gasteiger partial charge in [-0.15, -0.1) is 0 Å². The maximum atomic E-state index is 10.3. The van der Waals surface area contributed by atoms with Crippen molar-refractivity contribution >= 4 is 5.97 Å². The monoisotopic (exact) mass is 318 g/mol. The molecular weight excluding hydrogens is 288 g/mol. The molecule has 0 aromatic heterocycles. The maximum absolute atomic E-state index is 10.3. The van der Waals surface area contributed by atoms with E-state index in [9.17, 15) is 9.90 Å². The lowest BCUT2D eigenvalue weighted by atomic mass is 10.2. The number of carboxylic acids is 1. The van der Waals surface area contributed by atoms with Gasteiger partial charge in [0.1, 0.15) is 0 Å². The van der Waals surface area contributed by atoms with E-state index in [4.69, 9.17) is 5.11 Å². The summed E-state index contributed by atoms with van der Waals surface area (Å²) in [6.45, 7) is 2.07. The number of aliphatic hydroxyl groups excluding tert-OH is 1. The van der Waals surface area contributed by atoms with Crippen LogP contribution in [0, 0.1) is 0 Å². The highest BCUT2D eigenvalue weighted by atomic mass is 16.4. The molecule has 0 unspecified atom stereocenters. The normalized spacial score (nSPS) is 14.2. The Kier molecular flexibility index (Phi) is 15.2. The molecule has 0 aliphatic rings. The first kappa shape index (κ1) is 21.1. The van der Waals surface area contributed by atoms with E-state index in [1.807, 2.05) is 30.4 Å². The summed E-state index contributed by atoms with van der Waals surface area (Å²) in [6, 6.07) is 0. The van der Waals surface area contributed by atoms with Crippen molar-refractivity contribution in [3.8, 4) is 0 Å². The van der Waals surface area contributed by atoms with Gasteiger partial charge in [0, 0.05) is 6.42 Å².